The molecule has 0 atom stereocenters. The monoisotopic (exact) mass is 306 g/mol. The first kappa shape index (κ1) is 15.4. The van der Waals surface area contributed by atoms with Gasteiger partial charge in [0.25, 0.3) is 0 Å². The second-order valence-electron chi connectivity index (χ2n) is 6.39. The summed E-state index contributed by atoms with van der Waals surface area (Å²) in [5, 5.41) is 0. The topological polar surface area (TPSA) is 0 Å². The molecule has 0 nitrogen and oxygen atoms in total. The molecule has 0 heterocycles. The van der Waals surface area contributed by atoms with E-state index in [0.717, 1.165) is 0 Å². The molecule has 0 unspecified atom stereocenters. The molecular weight excluding hydrogens is 284 g/mol. The van der Waals surface area contributed by atoms with Crippen LogP contribution >= 0.6 is 0 Å². The summed E-state index contributed by atoms with van der Waals surface area (Å²) in [6.45, 7) is 0. The predicted molar refractivity (Wildman–Crippen MR) is 78.2 cm³/mol. The second-order valence-corrected chi connectivity index (χ2v) is 6.39. The van der Waals surface area contributed by atoms with Crippen molar-refractivity contribution in [3.63, 3.8) is 0 Å². The minimum absolute atomic E-state index is 0. The van der Waals surface area contributed by atoms with Gasteiger partial charge in [0, 0.05) is 17.1 Å². The molecule has 0 amide bonds. The first-order chi connectivity index (χ1) is 9.38. The summed E-state index contributed by atoms with van der Waals surface area (Å²) in [5.74, 6) is 9.82. The third-order valence-electron chi connectivity index (χ3n) is 4.98. The molecule has 0 aromatic heterocycles. The Morgan fingerprint density at radius 1 is 0.450 bits per heavy atom. The van der Waals surface area contributed by atoms with Crippen molar-refractivity contribution >= 4 is 0 Å². The van der Waals surface area contributed by atoms with Crippen LogP contribution in [-0.4, -0.2) is 0 Å². The van der Waals surface area contributed by atoms with Crippen LogP contribution in [0, 0.1) is 61.2 Å². The molecule has 6 bridgehead atoms. The number of fused-ring (bicyclic) bond motifs is 6. The van der Waals surface area contributed by atoms with Gasteiger partial charge in [0.2, 0.25) is 0 Å². The molecule has 20 heavy (non-hydrogen) atoms. The van der Waals surface area contributed by atoms with Gasteiger partial charge in [-0.05, 0) is 99.7 Å². The van der Waals surface area contributed by atoms with Gasteiger partial charge in [-0.15, -0.1) is 0 Å². The van der Waals surface area contributed by atoms with Crippen molar-refractivity contribution in [1.82, 2.24) is 0 Å². The van der Waals surface area contributed by atoms with Crippen LogP contribution in [0.5, 0.6) is 0 Å². The van der Waals surface area contributed by atoms with E-state index in [9.17, 15) is 0 Å². The molecule has 5 saturated carbocycles. The Morgan fingerprint density at radius 2 is 0.750 bits per heavy atom. The molecule has 5 aliphatic carbocycles. The van der Waals surface area contributed by atoms with Crippen molar-refractivity contribution in [2.75, 3.05) is 0 Å². The van der Waals surface area contributed by atoms with Crippen LogP contribution in [0.25, 0.3) is 0 Å². The molecule has 0 aliphatic heterocycles. The minimum atomic E-state index is 0. The Morgan fingerprint density at radius 3 is 1.10 bits per heavy atom. The van der Waals surface area contributed by atoms with Crippen molar-refractivity contribution in [3.05, 3.63) is 61.2 Å². The van der Waals surface area contributed by atoms with Gasteiger partial charge in [-0.2, -0.15) is 0 Å². The Hall–Kier alpha value is 0.519. The van der Waals surface area contributed by atoms with Crippen LogP contribution < -0.4 is 0 Å². The van der Waals surface area contributed by atoms with Crippen molar-refractivity contribution < 1.29 is 17.1 Å². The fourth-order valence-electron chi connectivity index (χ4n) is 4.00. The maximum absolute atomic E-state index is 2.51. The van der Waals surface area contributed by atoms with E-state index in [4.69, 9.17) is 0 Å². The smallest absolute Gasteiger partial charge is 0 e. The zero-order valence-corrected chi connectivity index (χ0v) is 13.1. The summed E-state index contributed by atoms with van der Waals surface area (Å²) in [7, 11) is 0. The normalized spacial score (nSPS) is 31.8. The van der Waals surface area contributed by atoms with Crippen LogP contribution in [0.1, 0.15) is 57.8 Å². The first-order valence-electron chi connectivity index (χ1n) is 7.93. The fourth-order valence-corrected chi connectivity index (χ4v) is 4.00. The SMILES string of the molecule is [CH]1[C]2[CH][C]3CCC[C]4[CH][C]([CH][C]4CCC[C]13)CCC2.[Fe]. The zero-order chi connectivity index (χ0) is 12.7. The largest absolute Gasteiger partial charge is 0.0522 e. The average Bonchev–Trinajstić information content (AvgIpc) is 2.94. The molecule has 5 aliphatic rings. The van der Waals surface area contributed by atoms with Gasteiger partial charge >= 0.3 is 0 Å². The van der Waals surface area contributed by atoms with E-state index in [0.29, 0.717) is 0 Å². The molecule has 5 fully saturated rings. The maximum atomic E-state index is 2.51. The molecule has 0 aromatic carbocycles. The van der Waals surface area contributed by atoms with Crippen molar-refractivity contribution in [2.45, 2.75) is 57.8 Å². The predicted octanol–water partition coefficient (Wildman–Crippen LogP) is 4.81. The summed E-state index contributed by atoms with van der Waals surface area (Å²) in [4.78, 5) is 0. The van der Waals surface area contributed by atoms with Crippen molar-refractivity contribution in [1.29, 1.82) is 0 Å². The third kappa shape index (κ3) is 3.14. The first-order valence-corrected chi connectivity index (χ1v) is 7.93. The van der Waals surface area contributed by atoms with Gasteiger partial charge in [0.15, 0.2) is 0 Å². The number of rotatable bonds is 0. The number of hydrogen-bond donors (Lipinski definition) is 0. The molecule has 5 rings (SSSR count). The van der Waals surface area contributed by atoms with Gasteiger partial charge < -0.3 is 0 Å². The molecule has 0 N–H and O–H groups in total. The molecule has 0 spiro atoms. The summed E-state index contributed by atoms with van der Waals surface area (Å²) < 4.78 is 0. The van der Waals surface area contributed by atoms with Crippen LogP contribution in [0.4, 0.5) is 0 Å². The van der Waals surface area contributed by atoms with Crippen molar-refractivity contribution in [3.8, 4) is 0 Å². The van der Waals surface area contributed by atoms with E-state index in [1.807, 2.05) is 0 Å². The maximum Gasteiger partial charge on any atom is 0 e. The van der Waals surface area contributed by atoms with E-state index in [1.54, 1.807) is 35.5 Å². The van der Waals surface area contributed by atoms with Crippen LogP contribution in [-0.2, 0) is 17.1 Å². The molecular formula is C19H22Fe. The molecule has 0 saturated heterocycles. The van der Waals surface area contributed by atoms with Gasteiger partial charge in [0.1, 0.15) is 0 Å². The van der Waals surface area contributed by atoms with Crippen molar-refractivity contribution in [2.24, 2.45) is 0 Å². The zero-order valence-electron chi connectivity index (χ0n) is 12.0. The van der Waals surface area contributed by atoms with E-state index < -0.39 is 0 Å². The molecule has 0 aromatic rings. The van der Waals surface area contributed by atoms with E-state index in [-0.39, 0.29) is 17.1 Å². The Balaban J connectivity index is 0.00000121. The minimum Gasteiger partial charge on any atom is -0.0522 e. The number of hydrogen-bond acceptors (Lipinski definition) is 0. The van der Waals surface area contributed by atoms with Gasteiger partial charge in [-0.1, -0.05) is 19.3 Å². The third-order valence-corrected chi connectivity index (χ3v) is 4.98. The van der Waals surface area contributed by atoms with Gasteiger partial charge in [0.05, 0.1) is 0 Å². The summed E-state index contributed by atoms with van der Waals surface area (Å²) in [5.41, 5.74) is 0. The average molecular weight is 306 g/mol. The quantitative estimate of drug-likeness (QED) is 0.563. The Labute approximate surface area is 136 Å². The van der Waals surface area contributed by atoms with Crippen LogP contribution in [0.15, 0.2) is 0 Å². The summed E-state index contributed by atoms with van der Waals surface area (Å²) >= 11 is 0. The van der Waals surface area contributed by atoms with E-state index >= 15 is 0 Å². The Bertz CT molecular complexity index is 259. The molecule has 10 radical (unpaired) electrons. The van der Waals surface area contributed by atoms with Gasteiger partial charge in [-0.25, -0.2) is 0 Å². The Kier molecular flexibility index (Phi) is 5.19. The molecule has 1 heteroatoms. The van der Waals surface area contributed by atoms with Crippen LogP contribution in [0.3, 0.4) is 0 Å². The summed E-state index contributed by atoms with van der Waals surface area (Å²) in [6, 6.07) is 0. The molecule has 106 valence electrons. The van der Waals surface area contributed by atoms with Gasteiger partial charge in [-0.3, -0.25) is 0 Å². The standard InChI is InChI=1S/C19H22.Fe/c1-4-14-10-16-6-2-7-17-11-15(5-1)13-19(17)9-3-8-18(16)12-14;/h10-13H,1-9H2;. The second kappa shape index (κ2) is 6.74. The fraction of sp³-hybridized carbons (Fsp3) is 0.474. The van der Waals surface area contributed by atoms with Crippen LogP contribution in [0.2, 0.25) is 0 Å². The summed E-state index contributed by atoms with van der Waals surface area (Å²) in [6.07, 6.45) is 21.7. The van der Waals surface area contributed by atoms with E-state index in [1.165, 1.54) is 57.8 Å². The van der Waals surface area contributed by atoms with E-state index in [2.05, 4.69) is 25.7 Å².